The Labute approximate surface area is 195 Å². The number of fused-ring (bicyclic) bond motifs is 1. The Kier molecular flexibility index (Phi) is 7.40. The third-order valence-corrected chi connectivity index (χ3v) is 5.69. The van der Waals surface area contributed by atoms with Crippen molar-refractivity contribution in [2.45, 2.75) is 39.7 Å². The Morgan fingerprint density at radius 1 is 0.939 bits per heavy atom. The lowest BCUT2D eigenvalue weighted by molar-refractivity contribution is 0.0953. The summed E-state index contributed by atoms with van der Waals surface area (Å²) < 4.78 is 8.19. The first-order valence-electron chi connectivity index (χ1n) is 11.6. The minimum Gasteiger partial charge on any atom is -0.494 e. The van der Waals surface area contributed by atoms with Crippen molar-refractivity contribution in [1.29, 1.82) is 0 Å². The third kappa shape index (κ3) is 6.01. The van der Waals surface area contributed by atoms with Crippen LogP contribution in [0.3, 0.4) is 0 Å². The number of carbonyl (C=O) groups is 1. The monoisotopic (exact) mass is 441 g/mol. The number of carbonyl (C=O) groups excluding carboxylic acids is 1. The molecule has 1 aromatic heterocycles. The van der Waals surface area contributed by atoms with Gasteiger partial charge in [0.25, 0.3) is 5.91 Å². The molecule has 1 heterocycles. The number of nitrogens with one attached hydrogen (secondary N) is 1. The second kappa shape index (κ2) is 10.8. The SMILES string of the molecule is Cc1ccc(OCCCn2c(CCCNC(=O)c3cccc(C)c3)nc3ccccc32)cc1. The van der Waals surface area contributed by atoms with Gasteiger partial charge in [0.2, 0.25) is 0 Å². The van der Waals surface area contributed by atoms with E-state index < -0.39 is 0 Å². The van der Waals surface area contributed by atoms with Gasteiger partial charge in [-0.1, -0.05) is 47.5 Å². The molecule has 0 bridgehead atoms. The van der Waals surface area contributed by atoms with Crippen molar-refractivity contribution in [3.05, 3.63) is 95.3 Å². The second-order valence-electron chi connectivity index (χ2n) is 8.41. The summed E-state index contributed by atoms with van der Waals surface area (Å²) in [6.07, 6.45) is 2.54. The van der Waals surface area contributed by atoms with Gasteiger partial charge in [0, 0.05) is 25.1 Å². The Hall–Kier alpha value is -3.60. The van der Waals surface area contributed by atoms with Crippen molar-refractivity contribution in [1.82, 2.24) is 14.9 Å². The number of aryl methyl sites for hydroxylation is 4. The smallest absolute Gasteiger partial charge is 0.251 e. The quantitative estimate of drug-likeness (QED) is 0.331. The average molecular weight is 442 g/mol. The molecule has 0 radical (unpaired) electrons. The van der Waals surface area contributed by atoms with Crippen molar-refractivity contribution in [3.8, 4) is 5.75 Å². The number of hydrogen-bond acceptors (Lipinski definition) is 3. The maximum atomic E-state index is 12.4. The number of hydrogen-bond donors (Lipinski definition) is 1. The Balaban J connectivity index is 1.32. The van der Waals surface area contributed by atoms with Gasteiger partial charge in [-0.15, -0.1) is 0 Å². The van der Waals surface area contributed by atoms with E-state index in [1.54, 1.807) is 0 Å². The molecule has 0 unspecified atom stereocenters. The molecule has 0 saturated carbocycles. The molecule has 5 heteroatoms. The minimum atomic E-state index is -0.0274. The molecule has 0 aliphatic carbocycles. The van der Waals surface area contributed by atoms with E-state index in [-0.39, 0.29) is 5.91 Å². The van der Waals surface area contributed by atoms with Gasteiger partial charge in [0.05, 0.1) is 17.6 Å². The highest BCUT2D eigenvalue weighted by Gasteiger charge is 2.11. The molecule has 33 heavy (non-hydrogen) atoms. The van der Waals surface area contributed by atoms with Crippen LogP contribution in [0.25, 0.3) is 11.0 Å². The number of amides is 1. The molecule has 3 aromatic carbocycles. The summed E-state index contributed by atoms with van der Waals surface area (Å²) in [5.74, 6) is 1.93. The number of imidazole rings is 1. The van der Waals surface area contributed by atoms with Crippen LogP contribution in [-0.4, -0.2) is 28.6 Å². The lowest BCUT2D eigenvalue weighted by atomic mass is 10.1. The van der Waals surface area contributed by atoms with Gasteiger partial charge in [0.15, 0.2) is 0 Å². The molecule has 0 aliphatic rings. The lowest BCUT2D eigenvalue weighted by Gasteiger charge is -2.11. The molecule has 1 N–H and O–H groups in total. The number of rotatable bonds is 10. The van der Waals surface area contributed by atoms with E-state index >= 15 is 0 Å². The molecule has 0 spiro atoms. The summed E-state index contributed by atoms with van der Waals surface area (Å²) in [5.41, 5.74) is 5.17. The first kappa shape index (κ1) is 22.6. The van der Waals surface area contributed by atoms with Gasteiger partial charge in [-0.05, 0) is 63.1 Å². The van der Waals surface area contributed by atoms with E-state index in [0.717, 1.165) is 54.0 Å². The highest BCUT2D eigenvalue weighted by molar-refractivity contribution is 5.94. The third-order valence-electron chi connectivity index (χ3n) is 5.69. The maximum Gasteiger partial charge on any atom is 0.251 e. The maximum absolute atomic E-state index is 12.4. The van der Waals surface area contributed by atoms with Crippen LogP contribution < -0.4 is 10.1 Å². The molecule has 4 rings (SSSR count). The first-order valence-corrected chi connectivity index (χ1v) is 11.6. The van der Waals surface area contributed by atoms with Crippen LogP contribution in [0.5, 0.6) is 5.75 Å². The average Bonchev–Trinajstić information content (AvgIpc) is 3.18. The van der Waals surface area contributed by atoms with Crippen LogP contribution in [0.4, 0.5) is 0 Å². The zero-order valence-corrected chi connectivity index (χ0v) is 19.4. The molecule has 0 fully saturated rings. The Bertz CT molecular complexity index is 1210. The molecule has 1 amide bonds. The van der Waals surface area contributed by atoms with E-state index in [2.05, 4.69) is 47.1 Å². The fourth-order valence-corrected chi connectivity index (χ4v) is 3.95. The number of nitrogens with zero attached hydrogens (tertiary/aromatic N) is 2. The van der Waals surface area contributed by atoms with Crippen molar-refractivity contribution in [3.63, 3.8) is 0 Å². The van der Waals surface area contributed by atoms with E-state index in [1.165, 1.54) is 5.56 Å². The fraction of sp³-hybridized carbons (Fsp3) is 0.286. The molecule has 4 aromatic rings. The second-order valence-corrected chi connectivity index (χ2v) is 8.41. The van der Waals surface area contributed by atoms with E-state index in [0.29, 0.717) is 18.7 Å². The van der Waals surface area contributed by atoms with Gasteiger partial charge < -0.3 is 14.6 Å². The first-order chi connectivity index (χ1) is 16.1. The van der Waals surface area contributed by atoms with Crippen molar-refractivity contribution < 1.29 is 9.53 Å². The van der Waals surface area contributed by atoms with Gasteiger partial charge in [-0.2, -0.15) is 0 Å². The van der Waals surface area contributed by atoms with Crippen LogP contribution in [-0.2, 0) is 13.0 Å². The highest BCUT2D eigenvalue weighted by atomic mass is 16.5. The fourth-order valence-electron chi connectivity index (χ4n) is 3.95. The number of benzene rings is 3. The van der Waals surface area contributed by atoms with E-state index in [4.69, 9.17) is 9.72 Å². The van der Waals surface area contributed by atoms with Crippen LogP contribution >= 0.6 is 0 Å². The van der Waals surface area contributed by atoms with Gasteiger partial charge >= 0.3 is 0 Å². The Morgan fingerprint density at radius 3 is 2.58 bits per heavy atom. The van der Waals surface area contributed by atoms with Crippen LogP contribution in [0, 0.1) is 13.8 Å². The predicted molar refractivity (Wildman–Crippen MR) is 133 cm³/mol. The topological polar surface area (TPSA) is 56.1 Å². The lowest BCUT2D eigenvalue weighted by Crippen LogP contribution is -2.25. The molecule has 170 valence electrons. The van der Waals surface area contributed by atoms with Gasteiger partial charge in [-0.3, -0.25) is 4.79 Å². The molecule has 0 saturated heterocycles. The number of aromatic nitrogens is 2. The minimum absolute atomic E-state index is 0.0274. The summed E-state index contributed by atoms with van der Waals surface area (Å²) in [6, 6.07) is 24.1. The zero-order valence-electron chi connectivity index (χ0n) is 19.4. The molecule has 0 atom stereocenters. The van der Waals surface area contributed by atoms with Crippen LogP contribution in [0.2, 0.25) is 0 Å². The zero-order chi connectivity index (χ0) is 23.0. The largest absolute Gasteiger partial charge is 0.494 e. The van der Waals surface area contributed by atoms with Gasteiger partial charge in [-0.25, -0.2) is 4.98 Å². The number of para-hydroxylation sites is 2. The van der Waals surface area contributed by atoms with E-state index in [1.807, 2.05) is 49.4 Å². The molecular formula is C28H31N3O2. The van der Waals surface area contributed by atoms with Crippen LogP contribution in [0.1, 0.15) is 40.2 Å². The summed E-state index contributed by atoms with van der Waals surface area (Å²) in [5, 5.41) is 3.03. The Morgan fingerprint density at radius 2 is 1.76 bits per heavy atom. The standard InChI is InChI=1S/C28H31N3O2/c1-21-13-15-24(16-14-21)33-19-7-18-31-26-11-4-3-10-25(26)30-27(31)12-6-17-29-28(32)23-9-5-8-22(2)20-23/h3-5,8-11,13-16,20H,6-7,12,17-19H2,1-2H3,(H,29,32). The summed E-state index contributed by atoms with van der Waals surface area (Å²) in [6.45, 7) is 6.18. The normalized spacial score (nSPS) is 11.0. The predicted octanol–water partition coefficient (Wildman–Crippen LogP) is 5.48. The summed E-state index contributed by atoms with van der Waals surface area (Å²) in [7, 11) is 0. The van der Waals surface area contributed by atoms with Crippen molar-refractivity contribution in [2.75, 3.05) is 13.2 Å². The molecule has 0 aliphatic heterocycles. The summed E-state index contributed by atoms with van der Waals surface area (Å²) >= 11 is 0. The molecule has 5 nitrogen and oxygen atoms in total. The van der Waals surface area contributed by atoms with E-state index in [9.17, 15) is 4.79 Å². The van der Waals surface area contributed by atoms with Crippen LogP contribution in [0.15, 0.2) is 72.8 Å². The van der Waals surface area contributed by atoms with Crippen molar-refractivity contribution in [2.24, 2.45) is 0 Å². The highest BCUT2D eigenvalue weighted by Crippen LogP contribution is 2.18. The van der Waals surface area contributed by atoms with Crippen molar-refractivity contribution >= 4 is 16.9 Å². The molecular weight excluding hydrogens is 410 g/mol. The summed E-state index contributed by atoms with van der Waals surface area (Å²) in [4.78, 5) is 17.2. The van der Waals surface area contributed by atoms with Gasteiger partial charge in [0.1, 0.15) is 11.6 Å². The number of ether oxygens (including phenoxy) is 1.